The lowest BCUT2D eigenvalue weighted by Gasteiger charge is -2.21. The molecule has 0 unspecified atom stereocenters. The summed E-state index contributed by atoms with van der Waals surface area (Å²) in [6, 6.07) is 4.33. The number of rotatable bonds is 5. The number of nitrogens with one attached hydrogen (secondary N) is 1. The minimum Gasteiger partial charge on any atom is -0.298 e. The molecule has 6 nitrogen and oxygen atoms in total. The van der Waals surface area contributed by atoms with Gasteiger partial charge in [-0.25, -0.2) is 13.4 Å². The van der Waals surface area contributed by atoms with Gasteiger partial charge in [0.05, 0.1) is 10.7 Å². The smallest absolute Gasteiger partial charge is 0.257 e. The van der Waals surface area contributed by atoms with Crippen LogP contribution in [0.5, 0.6) is 0 Å². The van der Waals surface area contributed by atoms with E-state index in [-0.39, 0.29) is 15.5 Å². The number of carbonyl (C=O) groups is 1. The summed E-state index contributed by atoms with van der Waals surface area (Å²) >= 11 is 7.52. The van der Waals surface area contributed by atoms with Crippen LogP contribution in [0, 0.1) is 0 Å². The van der Waals surface area contributed by atoms with E-state index in [0.29, 0.717) is 18.2 Å². The van der Waals surface area contributed by atoms with Crippen molar-refractivity contribution in [3.05, 3.63) is 39.9 Å². The van der Waals surface area contributed by atoms with E-state index in [2.05, 4.69) is 10.3 Å². The largest absolute Gasteiger partial charge is 0.298 e. The Kier molecular flexibility index (Phi) is 6.52. The standard InChI is InChI=1S/C18H22ClN3O3S2/c1-2-14-12-26-18(20-14)21-17(23)13-7-8-15(19)16(11-13)27(24,25)22-9-5-3-4-6-10-22/h7-8,11-12H,2-6,9-10H2,1H3,(H,20,21,23). The number of carbonyl (C=O) groups excluding carboxylic acids is 1. The Labute approximate surface area is 168 Å². The van der Waals surface area contributed by atoms with Crippen molar-refractivity contribution in [2.45, 2.75) is 43.9 Å². The predicted molar refractivity (Wildman–Crippen MR) is 108 cm³/mol. The Balaban J connectivity index is 1.85. The van der Waals surface area contributed by atoms with Gasteiger partial charge in [0.25, 0.3) is 5.91 Å². The van der Waals surface area contributed by atoms with E-state index in [9.17, 15) is 13.2 Å². The van der Waals surface area contributed by atoms with E-state index in [0.717, 1.165) is 37.8 Å². The van der Waals surface area contributed by atoms with Crippen LogP contribution in [-0.2, 0) is 16.4 Å². The van der Waals surface area contributed by atoms with Gasteiger partial charge in [0, 0.05) is 24.0 Å². The lowest BCUT2D eigenvalue weighted by Crippen LogP contribution is -2.32. The van der Waals surface area contributed by atoms with Crippen LogP contribution < -0.4 is 5.32 Å². The Morgan fingerprint density at radius 2 is 1.96 bits per heavy atom. The molecule has 1 aliphatic heterocycles. The average Bonchev–Trinajstić information content (AvgIpc) is 2.91. The molecule has 1 N–H and O–H groups in total. The molecule has 0 radical (unpaired) electrons. The van der Waals surface area contributed by atoms with Gasteiger partial charge in [0.1, 0.15) is 4.90 Å². The summed E-state index contributed by atoms with van der Waals surface area (Å²) in [4.78, 5) is 16.8. The first-order chi connectivity index (χ1) is 12.9. The Morgan fingerprint density at radius 1 is 1.26 bits per heavy atom. The fourth-order valence-electron chi connectivity index (χ4n) is 2.96. The molecule has 3 rings (SSSR count). The number of aryl methyl sites for hydroxylation is 1. The molecule has 1 fully saturated rings. The second-order valence-corrected chi connectivity index (χ2v) is 9.59. The van der Waals surface area contributed by atoms with E-state index in [1.54, 1.807) is 0 Å². The molecule has 146 valence electrons. The van der Waals surface area contributed by atoms with E-state index in [1.165, 1.54) is 33.8 Å². The summed E-state index contributed by atoms with van der Waals surface area (Å²) in [7, 11) is -3.74. The molecule has 1 aliphatic rings. The second kappa shape index (κ2) is 8.68. The Morgan fingerprint density at radius 3 is 2.59 bits per heavy atom. The van der Waals surface area contributed by atoms with Crippen LogP contribution in [0.3, 0.4) is 0 Å². The van der Waals surface area contributed by atoms with E-state index < -0.39 is 15.9 Å². The minimum absolute atomic E-state index is 0.0212. The van der Waals surface area contributed by atoms with Crippen LogP contribution in [0.15, 0.2) is 28.5 Å². The van der Waals surface area contributed by atoms with Crippen molar-refractivity contribution in [1.82, 2.24) is 9.29 Å². The third-order valence-corrected chi connectivity index (χ3v) is 7.70. The molecular formula is C18H22ClN3O3S2. The summed E-state index contributed by atoms with van der Waals surface area (Å²) in [5.74, 6) is -0.406. The minimum atomic E-state index is -3.74. The number of nitrogens with zero attached hydrogens (tertiary/aromatic N) is 2. The van der Waals surface area contributed by atoms with Crippen LogP contribution in [0.1, 0.15) is 48.7 Å². The van der Waals surface area contributed by atoms with Gasteiger partial charge < -0.3 is 0 Å². The molecule has 0 aliphatic carbocycles. The van der Waals surface area contributed by atoms with Crippen LogP contribution in [-0.4, -0.2) is 36.7 Å². The molecule has 0 bridgehead atoms. The average molecular weight is 428 g/mol. The molecule has 0 spiro atoms. The predicted octanol–water partition coefficient (Wildman–Crippen LogP) is 4.18. The highest BCUT2D eigenvalue weighted by Crippen LogP contribution is 2.28. The van der Waals surface area contributed by atoms with Gasteiger partial charge in [-0.1, -0.05) is 31.4 Å². The summed E-state index contributed by atoms with van der Waals surface area (Å²) in [5, 5.41) is 5.21. The summed E-state index contributed by atoms with van der Waals surface area (Å²) < 4.78 is 27.5. The highest BCUT2D eigenvalue weighted by molar-refractivity contribution is 7.89. The first-order valence-electron chi connectivity index (χ1n) is 8.97. The highest BCUT2D eigenvalue weighted by Gasteiger charge is 2.28. The molecule has 27 heavy (non-hydrogen) atoms. The maximum absolute atomic E-state index is 13.0. The van der Waals surface area contributed by atoms with Crippen LogP contribution in [0.2, 0.25) is 5.02 Å². The summed E-state index contributed by atoms with van der Waals surface area (Å²) in [5.41, 5.74) is 1.14. The number of benzene rings is 1. The van der Waals surface area contributed by atoms with Crippen molar-refractivity contribution in [3.63, 3.8) is 0 Å². The maximum Gasteiger partial charge on any atom is 0.257 e. The van der Waals surface area contributed by atoms with Gasteiger partial charge in [0.2, 0.25) is 10.0 Å². The van der Waals surface area contributed by atoms with E-state index >= 15 is 0 Å². The van der Waals surface area contributed by atoms with Gasteiger partial charge in [0.15, 0.2) is 5.13 Å². The number of hydrogen-bond acceptors (Lipinski definition) is 5. The summed E-state index contributed by atoms with van der Waals surface area (Å²) in [6.45, 7) is 2.95. The van der Waals surface area contributed by atoms with Crippen molar-refractivity contribution in [1.29, 1.82) is 0 Å². The third kappa shape index (κ3) is 4.68. The van der Waals surface area contributed by atoms with Crippen LogP contribution in [0.25, 0.3) is 0 Å². The van der Waals surface area contributed by atoms with E-state index in [1.807, 2.05) is 12.3 Å². The maximum atomic E-state index is 13.0. The zero-order valence-corrected chi connectivity index (χ0v) is 17.5. The zero-order chi connectivity index (χ0) is 19.4. The second-order valence-electron chi connectivity index (χ2n) is 6.42. The van der Waals surface area contributed by atoms with Crippen molar-refractivity contribution in [2.24, 2.45) is 0 Å². The topological polar surface area (TPSA) is 79.4 Å². The third-order valence-electron chi connectivity index (χ3n) is 4.51. The number of thiazole rings is 1. The van der Waals surface area contributed by atoms with Crippen molar-refractivity contribution < 1.29 is 13.2 Å². The molecule has 9 heteroatoms. The summed E-state index contributed by atoms with van der Waals surface area (Å²) in [6.07, 6.45) is 4.50. The number of sulfonamides is 1. The molecule has 1 aromatic carbocycles. The molecule has 1 aromatic heterocycles. The fraction of sp³-hybridized carbons (Fsp3) is 0.444. The van der Waals surface area contributed by atoms with Gasteiger partial charge in [-0.2, -0.15) is 4.31 Å². The van der Waals surface area contributed by atoms with Gasteiger partial charge >= 0.3 is 0 Å². The van der Waals surface area contributed by atoms with Gasteiger partial charge in [-0.3, -0.25) is 10.1 Å². The normalized spacial score (nSPS) is 16.1. The molecule has 1 saturated heterocycles. The van der Waals surface area contributed by atoms with Crippen LogP contribution >= 0.6 is 22.9 Å². The van der Waals surface area contributed by atoms with Crippen molar-refractivity contribution in [3.8, 4) is 0 Å². The lowest BCUT2D eigenvalue weighted by molar-refractivity contribution is 0.102. The number of halogens is 1. The molecule has 2 aromatic rings. The quantitative estimate of drug-likeness (QED) is 0.776. The Bertz CT molecular complexity index is 920. The molecule has 2 heterocycles. The lowest BCUT2D eigenvalue weighted by atomic mass is 10.2. The van der Waals surface area contributed by atoms with Gasteiger partial charge in [-0.15, -0.1) is 11.3 Å². The number of amides is 1. The molecule has 1 amide bonds. The number of anilines is 1. The molecular weight excluding hydrogens is 406 g/mol. The number of hydrogen-bond donors (Lipinski definition) is 1. The molecule has 0 saturated carbocycles. The number of aromatic nitrogens is 1. The Hall–Kier alpha value is -1.48. The van der Waals surface area contributed by atoms with E-state index in [4.69, 9.17) is 11.6 Å². The first kappa shape index (κ1) is 20.3. The van der Waals surface area contributed by atoms with Gasteiger partial charge in [-0.05, 0) is 37.5 Å². The molecule has 0 atom stereocenters. The fourth-order valence-corrected chi connectivity index (χ4v) is 5.77. The van der Waals surface area contributed by atoms with Crippen molar-refractivity contribution in [2.75, 3.05) is 18.4 Å². The van der Waals surface area contributed by atoms with Crippen LogP contribution in [0.4, 0.5) is 5.13 Å². The monoisotopic (exact) mass is 427 g/mol. The zero-order valence-electron chi connectivity index (χ0n) is 15.1. The highest BCUT2D eigenvalue weighted by atomic mass is 35.5. The van der Waals surface area contributed by atoms with Crippen molar-refractivity contribution >= 4 is 44.0 Å². The first-order valence-corrected chi connectivity index (χ1v) is 11.7. The SMILES string of the molecule is CCc1csc(NC(=O)c2ccc(Cl)c(S(=O)(=O)N3CCCCCC3)c2)n1.